The molecule has 1 aromatic heterocycles. The zero-order chi connectivity index (χ0) is 21.1. The van der Waals surface area contributed by atoms with Crippen molar-refractivity contribution < 1.29 is 9.90 Å². The van der Waals surface area contributed by atoms with E-state index in [9.17, 15) is 9.90 Å². The quantitative estimate of drug-likeness (QED) is 0.384. The van der Waals surface area contributed by atoms with Crippen LogP contribution in [0.2, 0.25) is 10.0 Å². The van der Waals surface area contributed by atoms with Crippen LogP contribution in [0.3, 0.4) is 0 Å². The first-order chi connectivity index (χ1) is 14.5. The van der Waals surface area contributed by atoms with Crippen molar-refractivity contribution in [3.8, 4) is 16.9 Å². The molecule has 1 heterocycles. The van der Waals surface area contributed by atoms with Gasteiger partial charge in [-0.1, -0.05) is 83.9 Å². The highest BCUT2D eigenvalue weighted by Crippen LogP contribution is 2.33. The van der Waals surface area contributed by atoms with E-state index in [2.05, 4.69) is 5.10 Å². The van der Waals surface area contributed by atoms with E-state index in [1.807, 2.05) is 60.7 Å². The van der Waals surface area contributed by atoms with Crippen LogP contribution < -0.4 is 0 Å². The highest BCUT2D eigenvalue weighted by atomic mass is 35.5. The van der Waals surface area contributed by atoms with Crippen molar-refractivity contribution in [2.45, 2.75) is 12.8 Å². The van der Waals surface area contributed by atoms with E-state index in [1.54, 1.807) is 22.9 Å². The number of hydrogen-bond donors (Lipinski definition) is 1. The van der Waals surface area contributed by atoms with Gasteiger partial charge in [0.25, 0.3) is 0 Å². The van der Waals surface area contributed by atoms with E-state index in [0.29, 0.717) is 40.0 Å². The summed E-state index contributed by atoms with van der Waals surface area (Å²) in [5.74, 6) is -1.03. The molecule has 6 heteroatoms. The summed E-state index contributed by atoms with van der Waals surface area (Å²) in [6.45, 7) is 0. The minimum atomic E-state index is -1.03. The molecule has 0 aliphatic rings. The Balaban J connectivity index is 1.90. The normalized spacial score (nSPS) is 10.9. The Kier molecular flexibility index (Phi) is 5.88. The fraction of sp³-hybridized carbons (Fsp3) is 0.0833. The lowest BCUT2D eigenvalue weighted by atomic mass is 10.0. The molecule has 0 fully saturated rings. The molecule has 4 rings (SSSR count). The largest absolute Gasteiger partial charge is 0.478 e. The summed E-state index contributed by atoms with van der Waals surface area (Å²) in [6.07, 6.45) is 1.16. The third-order valence-electron chi connectivity index (χ3n) is 4.85. The van der Waals surface area contributed by atoms with E-state index in [1.165, 1.54) is 0 Å². The van der Waals surface area contributed by atoms with E-state index in [4.69, 9.17) is 23.2 Å². The van der Waals surface area contributed by atoms with Crippen LogP contribution in [0.5, 0.6) is 0 Å². The highest BCUT2D eigenvalue weighted by Gasteiger charge is 2.26. The van der Waals surface area contributed by atoms with Gasteiger partial charge in [0.2, 0.25) is 0 Å². The van der Waals surface area contributed by atoms with E-state index < -0.39 is 5.97 Å². The van der Waals surface area contributed by atoms with Gasteiger partial charge >= 0.3 is 5.97 Å². The SMILES string of the molecule is O=C(O)c1c(CCc2ccccc2)nn(-c2cc(Cl)ccc2Cl)c1-c1ccccc1. The van der Waals surface area contributed by atoms with Crippen LogP contribution in [0.1, 0.15) is 21.6 Å². The molecule has 1 N–H and O–H groups in total. The number of benzene rings is 3. The number of carbonyl (C=O) groups is 1. The van der Waals surface area contributed by atoms with Crippen LogP contribution >= 0.6 is 23.2 Å². The van der Waals surface area contributed by atoms with E-state index in [0.717, 1.165) is 11.1 Å². The summed E-state index contributed by atoms with van der Waals surface area (Å²) in [7, 11) is 0. The summed E-state index contributed by atoms with van der Waals surface area (Å²) in [5, 5.41) is 15.7. The molecule has 30 heavy (non-hydrogen) atoms. The summed E-state index contributed by atoms with van der Waals surface area (Å²) in [5.41, 5.74) is 3.55. The fourth-order valence-electron chi connectivity index (χ4n) is 3.46. The topological polar surface area (TPSA) is 55.1 Å². The summed E-state index contributed by atoms with van der Waals surface area (Å²) >= 11 is 12.6. The molecule has 0 bridgehead atoms. The van der Waals surface area contributed by atoms with Crippen LogP contribution in [0.4, 0.5) is 0 Å². The maximum atomic E-state index is 12.3. The lowest BCUT2D eigenvalue weighted by Crippen LogP contribution is -2.04. The summed E-state index contributed by atoms with van der Waals surface area (Å²) in [6, 6.07) is 24.3. The molecule has 0 unspecified atom stereocenters. The van der Waals surface area contributed by atoms with Gasteiger partial charge in [-0.25, -0.2) is 9.48 Å². The molecule has 4 nitrogen and oxygen atoms in total. The summed E-state index contributed by atoms with van der Waals surface area (Å²) < 4.78 is 1.59. The smallest absolute Gasteiger partial charge is 0.339 e. The Morgan fingerprint density at radius 1 is 0.900 bits per heavy atom. The van der Waals surface area contributed by atoms with Crippen LogP contribution in [0.25, 0.3) is 16.9 Å². The molecule has 4 aromatic rings. The van der Waals surface area contributed by atoms with Crippen LogP contribution in [-0.4, -0.2) is 20.9 Å². The molecule has 0 radical (unpaired) electrons. The average Bonchev–Trinajstić information content (AvgIpc) is 3.15. The van der Waals surface area contributed by atoms with Crippen molar-refractivity contribution in [3.05, 3.63) is 106 Å². The number of rotatable bonds is 6. The second-order valence-corrected chi connectivity index (χ2v) is 7.68. The van der Waals surface area contributed by atoms with E-state index in [-0.39, 0.29) is 5.56 Å². The molecule has 0 saturated heterocycles. The average molecular weight is 437 g/mol. The van der Waals surface area contributed by atoms with Gasteiger partial charge in [0.1, 0.15) is 5.56 Å². The van der Waals surface area contributed by atoms with Gasteiger partial charge < -0.3 is 5.11 Å². The molecule has 0 atom stereocenters. The Morgan fingerprint density at radius 2 is 1.57 bits per heavy atom. The number of carboxylic acids is 1. The predicted molar refractivity (Wildman–Crippen MR) is 120 cm³/mol. The van der Waals surface area contributed by atoms with Crippen molar-refractivity contribution in [3.63, 3.8) is 0 Å². The minimum absolute atomic E-state index is 0.174. The van der Waals surface area contributed by atoms with Crippen molar-refractivity contribution in [1.82, 2.24) is 9.78 Å². The fourth-order valence-corrected chi connectivity index (χ4v) is 3.82. The van der Waals surface area contributed by atoms with Crippen LogP contribution in [0, 0.1) is 0 Å². The maximum absolute atomic E-state index is 12.3. The van der Waals surface area contributed by atoms with E-state index >= 15 is 0 Å². The standard InChI is InChI=1S/C24H18Cl2N2O2/c25-18-12-13-19(26)21(15-18)28-23(17-9-5-2-6-10-17)22(24(29)30)20(27-28)14-11-16-7-3-1-4-8-16/h1-10,12-13,15H,11,14H2,(H,29,30). The predicted octanol–water partition coefficient (Wildman–Crippen LogP) is 6.33. The van der Waals surface area contributed by atoms with Gasteiger partial charge in [-0.3, -0.25) is 0 Å². The number of aromatic nitrogens is 2. The van der Waals surface area contributed by atoms with Gasteiger partial charge in [-0.05, 0) is 36.6 Å². The lowest BCUT2D eigenvalue weighted by molar-refractivity contribution is 0.0696. The maximum Gasteiger partial charge on any atom is 0.339 e. The Bertz CT molecular complexity index is 1190. The van der Waals surface area contributed by atoms with Gasteiger partial charge in [0.15, 0.2) is 0 Å². The van der Waals surface area contributed by atoms with Crippen LogP contribution in [-0.2, 0) is 12.8 Å². The number of hydrogen-bond acceptors (Lipinski definition) is 2. The number of aromatic carboxylic acids is 1. The molecular formula is C24H18Cl2N2O2. The zero-order valence-electron chi connectivity index (χ0n) is 15.9. The second-order valence-electron chi connectivity index (χ2n) is 6.83. The van der Waals surface area contributed by atoms with Crippen molar-refractivity contribution in [1.29, 1.82) is 0 Å². The lowest BCUT2D eigenvalue weighted by Gasteiger charge is -2.11. The van der Waals surface area contributed by atoms with Gasteiger partial charge in [-0.15, -0.1) is 0 Å². The van der Waals surface area contributed by atoms with Crippen molar-refractivity contribution in [2.24, 2.45) is 0 Å². The molecule has 0 amide bonds. The molecule has 0 aliphatic heterocycles. The minimum Gasteiger partial charge on any atom is -0.478 e. The number of nitrogens with zero attached hydrogens (tertiary/aromatic N) is 2. The molecule has 0 spiro atoms. The number of carboxylic acid groups (broad SMARTS) is 1. The third-order valence-corrected chi connectivity index (χ3v) is 5.40. The molecular weight excluding hydrogens is 419 g/mol. The Morgan fingerprint density at radius 3 is 2.23 bits per heavy atom. The van der Waals surface area contributed by atoms with Crippen molar-refractivity contribution >= 4 is 29.2 Å². The number of aryl methyl sites for hydroxylation is 2. The van der Waals surface area contributed by atoms with Gasteiger partial charge in [0, 0.05) is 10.6 Å². The zero-order valence-corrected chi connectivity index (χ0v) is 17.4. The van der Waals surface area contributed by atoms with Gasteiger partial charge in [0.05, 0.1) is 22.1 Å². The first-order valence-corrected chi connectivity index (χ1v) is 10.2. The van der Waals surface area contributed by atoms with Gasteiger partial charge in [-0.2, -0.15) is 5.10 Å². The molecule has 150 valence electrons. The second kappa shape index (κ2) is 8.74. The summed E-state index contributed by atoms with van der Waals surface area (Å²) in [4.78, 5) is 12.3. The first-order valence-electron chi connectivity index (χ1n) is 9.44. The molecule has 0 aliphatic carbocycles. The molecule has 0 saturated carbocycles. The van der Waals surface area contributed by atoms with Crippen molar-refractivity contribution in [2.75, 3.05) is 0 Å². The first kappa shape index (κ1) is 20.2. The van der Waals surface area contributed by atoms with Crippen LogP contribution in [0.15, 0.2) is 78.9 Å². The Labute approximate surface area is 184 Å². The Hall–Kier alpha value is -3.08. The third kappa shape index (κ3) is 4.11. The highest BCUT2D eigenvalue weighted by molar-refractivity contribution is 6.34. The molecule has 3 aromatic carbocycles. The number of halogens is 2. The monoisotopic (exact) mass is 436 g/mol.